The molecule has 0 aliphatic carbocycles. The van der Waals surface area contributed by atoms with Gasteiger partial charge in [-0.05, 0) is 32.6 Å². The third-order valence-electron chi connectivity index (χ3n) is 4.32. The Labute approximate surface area is 155 Å². The zero-order valence-electron chi connectivity index (χ0n) is 15.8. The lowest BCUT2D eigenvalue weighted by atomic mass is 10.1. The molecule has 1 aromatic rings. The minimum atomic E-state index is 0.374. The SMILES string of the molecule is CN=C(NCCCc1nc(C)cs1)N1CCC(OCCCOC)CC1. The van der Waals surface area contributed by atoms with Crippen molar-refractivity contribution in [3.8, 4) is 0 Å². The first-order valence-electron chi connectivity index (χ1n) is 9.20. The van der Waals surface area contributed by atoms with Crippen LogP contribution in [0.2, 0.25) is 0 Å². The molecule has 0 atom stereocenters. The maximum Gasteiger partial charge on any atom is 0.193 e. The first-order valence-corrected chi connectivity index (χ1v) is 10.1. The van der Waals surface area contributed by atoms with Gasteiger partial charge in [-0.15, -0.1) is 11.3 Å². The molecule has 2 rings (SSSR count). The summed E-state index contributed by atoms with van der Waals surface area (Å²) in [6, 6.07) is 0. The summed E-state index contributed by atoms with van der Waals surface area (Å²) in [7, 11) is 3.59. The summed E-state index contributed by atoms with van der Waals surface area (Å²) in [5.41, 5.74) is 1.12. The lowest BCUT2D eigenvalue weighted by Gasteiger charge is -2.34. The van der Waals surface area contributed by atoms with Crippen molar-refractivity contribution in [2.24, 2.45) is 4.99 Å². The fraction of sp³-hybridized carbons (Fsp3) is 0.778. The Bertz CT molecular complexity index is 513. The quantitative estimate of drug-likeness (QED) is 0.412. The van der Waals surface area contributed by atoms with E-state index in [9.17, 15) is 0 Å². The number of guanidine groups is 1. The zero-order chi connectivity index (χ0) is 17.9. The molecule has 6 nitrogen and oxygen atoms in total. The minimum absolute atomic E-state index is 0.374. The van der Waals surface area contributed by atoms with Gasteiger partial charge < -0.3 is 19.7 Å². The Morgan fingerprint density at radius 1 is 1.36 bits per heavy atom. The van der Waals surface area contributed by atoms with Gasteiger partial charge in [0.05, 0.1) is 11.1 Å². The number of methoxy groups -OCH3 is 1. The molecule has 0 saturated carbocycles. The standard InChI is InChI=1S/C18H32N4O2S/c1-15-14-25-17(21-15)6-4-9-20-18(19-2)22-10-7-16(8-11-22)24-13-5-12-23-3/h14,16H,4-13H2,1-3H3,(H,19,20). The number of aryl methyl sites for hydroxylation is 2. The Morgan fingerprint density at radius 3 is 2.80 bits per heavy atom. The van der Waals surface area contributed by atoms with Gasteiger partial charge in [0, 0.05) is 64.5 Å². The van der Waals surface area contributed by atoms with Crippen LogP contribution in [0.3, 0.4) is 0 Å². The van der Waals surface area contributed by atoms with Crippen molar-refractivity contribution < 1.29 is 9.47 Å². The number of hydrogen-bond acceptors (Lipinski definition) is 5. The highest BCUT2D eigenvalue weighted by atomic mass is 32.1. The third kappa shape index (κ3) is 7.30. The van der Waals surface area contributed by atoms with E-state index < -0.39 is 0 Å². The average molecular weight is 369 g/mol. The highest BCUT2D eigenvalue weighted by molar-refractivity contribution is 7.09. The Morgan fingerprint density at radius 2 is 2.16 bits per heavy atom. The fourth-order valence-electron chi connectivity index (χ4n) is 2.98. The van der Waals surface area contributed by atoms with Crippen LogP contribution >= 0.6 is 11.3 Å². The van der Waals surface area contributed by atoms with Gasteiger partial charge in [0.25, 0.3) is 0 Å². The second-order valence-corrected chi connectivity index (χ2v) is 7.31. The van der Waals surface area contributed by atoms with E-state index in [1.807, 2.05) is 14.0 Å². The second kappa shape index (κ2) is 11.4. The number of rotatable bonds is 9. The van der Waals surface area contributed by atoms with Crippen LogP contribution in [-0.2, 0) is 15.9 Å². The van der Waals surface area contributed by atoms with Gasteiger partial charge in [0.2, 0.25) is 0 Å². The van der Waals surface area contributed by atoms with Crippen LogP contribution in [-0.4, -0.2) is 69.0 Å². The van der Waals surface area contributed by atoms with Gasteiger partial charge >= 0.3 is 0 Å². The predicted molar refractivity (Wildman–Crippen MR) is 104 cm³/mol. The maximum absolute atomic E-state index is 5.92. The molecule has 0 unspecified atom stereocenters. The van der Waals surface area contributed by atoms with Crippen molar-refractivity contribution in [2.75, 3.05) is 47.0 Å². The molecule has 1 aliphatic rings. The number of nitrogens with zero attached hydrogens (tertiary/aromatic N) is 3. The smallest absolute Gasteiger partial charge is 0.193 e. The third-order valence-corrected chi connectivity index (χ3v) is 5.34. The van der Waals surface area contributed by atoms with Crippen molar-refractivity contribution in [2.45, 2.75) is 45.1 Å². The van der Waals surface area contributed by atoms with Crippen molar-refractivity contribution >= 4 is 17.3 Å². The number of piperidine rings is 1. The largest absolute Gasteiger partial charge is 0.385 e. The van der Waals surface area contributed by atoms with E-state index in [1.54, 1.807) is 18.4 Å². The van der Waals surface area contributed by atoms with Gasteiger partial charge in [0.1, 0.15) is 0 Å². The summed E-state index contributed by atoms with van der Waals surface area (Å²) in [5, 5.41) is 6.82. The van der Waals surface area contributed by atoms with Crippen molar-refractivity contribution in [3.05, 3.63) is 16.1 Å². The molecule has 1 aliphatic heterocycles. The predicted octanol–water partition coefficient (Wildman–Crippen LogP) is 2.48. The molecule has 1 fully saturated rings. The van der Waals surface area contributed by atoms with E-state index in [4.69, 9.17) is 9.47 Å². The summed E-state index contributed by atoms with van der Waals surface area (Å²) < 4.78 is 11.0. The molecule has 0 radical (unpaired) electrons. The molecule has 0 bridgehead atoms. The van der Waals surface area contributed by atoms with Crippen molar-refractivity contribution in [3.63, 3.8) is 0 Å². The summed E-state index contributed by atoms with van der Waals surface area (Å²) >= 11 is 1.75. The molecule has 2 heterocycles. The molecular formula is C18H32N4O2S. The number of aliphatic imine (C=N–C) groups is 1. The average Bonchev–Trinajstić information content (AvgIpc) is 3.05. The van der Waals surface area contributed by atoms with Crippen LogP contribution in [0, 0.1) is 6.92 Å². The van der Waals surface area contributed by atoms with Crippen molar-refractivity contribution in [1.29, 1.82) is 0 Å². The lowest BCUT2D eigenvalue weighted by Crippen LogP contribution is -2.47. The van der Waals surface area contributed by atoms with Gasteiger partial charge in [-0.25, -0.2) is 4.98 Å². The summed E-state index contributed by atoms with van der Waals surface area (Å²) in [6.45, 7) is 6.54. The Balaban J connectivity index is 1.61. The van der Waals surface area contributed by atoms with E-state index in [0.717, 1.165) is 76.6 Å². The number of ether oxygens (including phenoxy) is 2. The number of thiazole rings is 1. The topological polar surface area (TPSA) is 59.0 Å². The molecule has 0 amide bonds. The number of nitrogens with one attached hydrogen (secondary N) is 1. The van der Waals surface area contributed by atoms with E-state index in [-0.39, 0.29) is 0 Å². The minimum Gasteiger partial charge on any atom is -0.385 e. The molecule has 25 heavy (non-hydrogen) atoms. The van der Waals surface area contributed by atoms with Crippen LogP contribution in [0.1, 0.15) is 36.4 Å². The van der Waals surface area contributed by atoms with E-state index >= 15 is 0 Å². The van der Waals surface area contributed by atoms with Crippen LogP contribution in [0.15, 0.2) is 10.4 Å². The molecule has 1 N–H and O–H groups in total. The van der Waals surface area contributed by atoms with Gasteiger partial charge in [-0.1, -0.05) is 0 Å². The molecule has 142 valence electrons. The normalized spacial score (nSPS) is 16.4. The number of aromatic nitrogens is 1. The summed E-state index contributed by atoms with van der Waals surface area (Å²) in [4.78, 5) is 11.3. The summed E-state index contributed by atoms with van der Waals surface area (Å²) in [6.07, 6.45) is 5.57. The van der Waals surface area contributed by atoms with E-state index in [2.05, 4.69) is 25.6 Å². The van der Waals surface area contributed by atoms with Gasteiger partial charge in [-0.2, -0.15) is 0 Å². The van der Waals surface area contributed by atoms with Crippen LogP contribution in [0.4, 0.5) is 0 Å². The lowest BCUT2D eigenvalue weighted by molar-refractivity contribution is 0.00991. The van der Waals surface area contributed by atoms with Gasteiger partial charge in [0.15, 0.2) is 5.96 Å². The van der Waals surface area contributed by atoms with Crippen LogP contribution in [0.5, 0.6) is 0 Å². The second-order valence-electron chi connectivity index (χ2n) is 6.36. The molecule has 0 spiro atoms. The van der Waals surface area contributed by atoms with Crippen LogP contribution < -0.4 is 5.32 Å². The molecule has 7 heteroatoms. The molecule has 1 saturated heterocycles. The first-order chi connectivity index (χ1) is 12.2. The zero-order valence-corrected chi connectivity index (χ0v) is 16.6. The number of hydrogen-bond donors (Lipinski definition) is 1. The van der Waals surface area contributed by atoms with E-state index in [0.29, 0.717) is 6.10 Å². The van der Waals surface area contributed by atoms with Gasteiger partial charge in [-0.3, -0.25) is 4.99 Å². The number of likely N-dealkylation sites (tertiary alicyclic amines) is 1. The van der Waals surface area contributed by atoms with Crippen molar-refractivity contribution in [1.82, 2.24) is 15.2 Å². The van der Waals surface area contributed by atoms with Crippen LogP contribution in [0.25, 0.3) is 0 Å². The Hall–Kier alpha value is -1.18. The highest BCUT2D eigenvalue weighted by Gasteiger charge is 2.21. The molecule has 1 aromatic heterocycles. The maximum atomic E-state index is 5.92. The Kier molecular flexibility index (Phi) is 9.21. The monoisotopic (exact) mass is 368 g/mol. The first kappa shape index (κ1) is 20.1. The van der Waals surface area contributed by atoms with E-state index in [1.165, 1.54) is 5.01 Å². The highest BCUT2D eigenvalue weighted by Crippen LogP contribution is 2.14. The fourth-order valence-corrected chi connectivity index (χ4v) is 3.80. The molecule has 0 aromatic carbocycles. The summed E-state index contributed by atoms with van der Waals surface area (Å²) in [5.74, 6) is 1.01. The molecular weight excluding hydrogens is 336 g/mol.